The van der Waals surface area contributed by atoms with E-state index >= 15 is 0 Å². The molecule has 0 aromatic carbocycles. The molecule has 0 saturated heterocycles. The normalized spacial score (nSPS) is 20.6. The lowest BCUT2D eigenvalue weighted by atomic mass is 9.79. The summed E-state index contributed by atoms with van der Waals surface area (Å²) >= 11 is 0. The summed E-state index contributed by atoms with van der Waals surface area (Å²) in [5, 5.41) is 13.7. The lowest BCUT2D eigenvalue weighted by Crippen LogP contribution is -2.20. The average Bonchev–Trinajstić information content (AvgIpc) is 2.96. The van der Waals surface area contributed by atoms with Crippen molar-refractivity contribution >= 4 is 5.91 Å². The molecule has 134 valence electrons. The summed E-state index contributed by atoms with van der Waals surface area (Å²) < 4.78 is 2.01. The van der Waals surface area contributed by atoms with Gasteiger partial charge in [-0.3, -0.25) is 14.5 Å². The van der Waals surface area contributed by atoms with Gasteiger partial charge in [0.1, 0.15) is 0 Å². The number of nitrogens with two attached hydrogens (primary N) is 1. The van der Waals surface area contributed by atoms with Gasteiger partial charge in [0.15, 0.2) is 0 Å². The Labute approximate surface area is 148 Å². The van der Waals surface area contributed by atoms with Crippen molar-refractivity contribution in [2.75, 3.05) is 0 Å². The van der Waals surface area contributed by atoms with Crippen LogP contribution < -0.4 is 5.73 Å². The second-order valence-electron chi connectivity index (χ2n) is 7.10. The van der Waals surface area contributed by atoms with Crippen molar-refractivity contribution in [2.45, 2.75) is 58.6 Å². The van der Waals surface area contributed by atoms with Crippen molar-refractivity contribution in [3.05, 3.63) is 46.5 Å². The van der Waals surface area contributed by atoms with Crippen molar-refractivity contribution in [1.29, 1.82) is 0 Å². The van der Waals surface area contributed by atoms with Gasteiger partial charge in [-0.2, -0.15) is 5.10 Å². The smallest absolute Gasteiger partial charge is 0.250 e. The lowest BCUT2D eigenvalue weighted by Gasteiger charge is -2.29. The van der Waals surface area contributed by atoms with Gasteiger partial charge in [0.25, 0.3) is 5.91 Å². The second kappa shape index (κ2) is 7.35. The zero-order valence-electron chi connectivity index (χ0n) is 14.9. The van der Waals surface area contributed by atoms with Crippen LogP contribution in [0.3, 0.4) is 0 Å². The third-order valence-corrected chi connectivity index (χ3v) is 5.32. The van der Waals surface area contributed by atoms with Gasteiger partial charge in [-0.1, -0.05) is 0 Å². The first-order valence-electron chi connectivity index (χ1n) is 8.88. The SMILES string of the molecule is Cc1ncc([C@H]2CC[C@H](Cn3nc(CO)cc3C)CC2)cc1C(N)=O. The van der Waals surface area contributed by atoms with Gasteiger partial charge in [0, 0.05) is 24.1 Å². The highest BCUT2D eigenvalue weighted by Gasteiger charge is 2.24. The van der Waals surface area contributed by atoms with Crippen LogP contribution in [0.4, 0.5) is 0 Å². The van der Waals surface area contributed by atoms with E-state index < -0.39 is 5.91 Å². The molecule has 2 aromatic heterocycles. The molecule has 25 heavy (non-hydrogen) atoms. The first kappa shape index (κ1) is 17.6. The second-order valence-corrected chi connectivity index (χ2v) is 7.10. The molecule has 2 heterocycles. The summed E-state index contributed by atoms with van der Waals surface area (Å²) in [5.41, 5.74) is 9.62. The van der Waals surface area contributed by atoms with Crippen molar-refractivity contribution in [3.8, 4) is 0 Å². The molecule has 0 bridgehead atoms. The fourth-order valence-electron chi connectivity index (χ4n) is 3.79. The van der Waals surface area contributed by atoms with Crippen molar-refractivity contribution in [2.24, 2.45) is 11.7 Å². The number of carbonyl (C=O) groups is 1. The Morgan fingerprint density at radius 1 is 1.28 bits per heavy atom. The molecule has 1 aliphatic carbocycles. The number of rotatable bonds is 5. The quantitative estimate of drug-likeness (QED) is 0.873. The number of aliphatic hydroxyl groups excluding tert-OH is 1. The van der Waals surface area contributed by atoms with Gasteiger partial charge in [-0.25, -0.2) is 0 Å². The molecular formula is C19H26N4O2. The minimum absolute atomic E-state index is 0.0107. The zero-order valence-corrected chi connectivity index (χ0v) is 14.9. The monoisotopic (exact) mass is 342 g/mol. The lowest BCUT2D eigenvalue weighted by molar-refractivity contribution is 0.0999. The molecule has 0 spiro atoms. The summed E-state index contributed by atoms with van der Waals surface area (Å²) in [6.07, 6.45) is 6.30. The fraction of sp³-hybridized carbons (Fsp3) is 0.526. The van der Waals surface area contributed by atoms with E-state index in [4.69, 9.17) is 5.73 Å². The number of hydrogen-bond donors (Lipinski definition) is 2. The molecular weight excluding hydrogens is 316 g/mol. The maximum Gasteiger partial charge on any atom is 0.250 e. The molecule has 6 heteroatoms. The molecule has 0 radical (unpaired) electrons. The van der Waals surface area contributed by atoms with Crippen LogP contribution in [-0.2, 0) is 13.2 Å². The molecule has 3 N–H and O–H groups in total. The number of aliphatic hydroxyl groups is 1. The molecule has 0 unspecified atom stereocenters. The number of pyridine rings is 1. The Hall–Kier alpha value is -2.21. The molecule has 0 atom stereocenters. The number of carbonyl (C=O) groups excluding carboxylic acids is 1. The third-order valence-electron chi connectivity index (χ3n) is 5.32. The van der Waals surface area contributed by atoms with E-state index in [1.54, 1.807) is 0 Å². The summed E-state index contributed by atoms with van der Waals surface area (Å²) in [5.74, 6) is 0.624. The van der Waals surface area contributed by atoms with E-state index in [0.717, 1.165) is 49.2 Å². The Morgan fingerprint density at radius 3 is 2.60 bits per heavy atom. The third kappa shape index (κ3) is 3.90. The van der Waals surface area contributed by atoms with E-state index in [0.29, 0.717) is 23.1 Å². The van der Waals surface area contributed by atoms with Gasteiger partial charge in [-0.05, 0) is 69.1 Å². The van der Waals surface area contributed by atoms with Crippen LogP contribution >= 0.6 is 0 Å². The van der Waals surface area contributed by atoms with E-state index in [9.17, 15) is 9.90 Å². The number of aryl methyl sites for hydroxylation is 2. The maximum atomic E-state index is 11.5. The summed E-state index contributed by atoms with van der Waals surface area (Å²) in [7, 11) is 0. The fourth-order valence-corrected chi connectivity index (χ4v) is 3.79. The van der Waals surface area contributed by atoms with E-state index in [1.165, 1.54) is 0 Å². The zero-order chi connectivity index (χ0) is 18.0. The predicted octanol–water partition coefficient (Wildman–Crippen LogP) is 2.46. The van der Waals surface area contributed by atoms with Gasteiger partial charge in [0.2, 0.25) is 0 Å². The van der Waals surface area contributed by atoms with Crippen molar-refractivity contribution in [3.63, 3.8) is 0 Å². The number of nitrogens with zero attached hydrogens (tertiary/aromatic N) is 3. The standard InChI is InChI=1S/C19H26N4O2/c1-12-7-17(11-24)22-23(12)10-14-3-5-15(6-4-14)16-8-18(19(20)25)13(2)21-9-16/h7-9,14-15,24H,3-6,10-11H2,1-2H3,(H2,20,25)/t14-,15-. The molecule has 1 fully saturated rings. The molecule has 0 aliphatic heterocycles. The first-order valence-corrected chi connectivity index (χ1v) is 8.88. The number of amides is 1. The van der Waals surface area contributed by atoms with Crippen molar-refractivity contribution in [1.82, 2.24) is 14.8 Å². The van der Waals surface area contributed by atoms with Crippen LogP contribution in [0, 0.1) is 19.8 Å². The largest absolute Gasteiger partial charge is 0.390 e. The van der Waals surface area contributed by atoms with Crippen LogP contribution in [0.1, 0.15) is 64.6 Å². The minimum Gasteiger partial charge on any atom is -0.390 e. The highest BCUT2D eigenvalue weighted by atomic mass is 16.3. The molecule has 6 nitrogen and oxygen atoms in total. The van der Waals surface area contributed by atoms with Crippen LogP contribution in [-0.4, -0.2) is 25.8 Å². The molecule has 2 aromatic rings. The Morgan fingerprint density at radius 2 is 2.00 bits per heavy atom. The predicted molar refractivity (Wildman–Crippen MR) is 95.1 cm³/mol. The minimum atomic E-state index is -0.408. The Balaban J connectivity index is 1.63. The van der Waals surface area contributed by atoms with Crippen LogP contribution in [0.15, 0.2) is 18.3 Å². The van der Waals surface area contributed by atoms with E-state index in [1.807, 2.05) is 36.9 Å². The first-order chi connectivity index (χ1) is 12.0. The molecule has 1 saturated carbocycles. The maximum absolute atomic E-state index is 11.5. The van der Waals surface area contributed by atoms with Gasteiger partial charge >= 0.3 is 0 Å². The molecule has 3 rings (SSSR count). The van der Waals surface area contributed by atoms with E-state index in [-0.39, 0.29) is 6.61 Å². The summed E-state index contributed by atoms with van der Waals surface area (Å²) in [4.78, 5) is 15.9. The van der Waals surface area contributed by atoms with Crippen LogP contribution in [0.5, 0.6) is 0 Å². The van der Waals surface area contributed by atoms with Crippen molar-refractivity contribution < 1.29 is 9.90 Å². The average molecular weight is 342 g/mol. The summed E-state index contributed by atoms with van der Waals surface area (Å²) in [6.45, 7) is 4.73. The van der Waals surface area contributed by atoms with Crippen LogP contribution in [0.2, 0.25) is 0 Å². The Kier molecular flexibility index (Phi) is 5.18. The summed E-state index contributed by atoms with van der Waals surface area (Å²) in [6, 6.07) is 3.86. The highest BCUT2D eigenvalue weighted by molar-refractivity contribution is 5.93. The number of hydrogen-bond acceptors (Lipinski definition) is 4. The molecule has 1 aliphatic rings. The molecule has 1 amide bonds. The number of aromatic nitrogens is 3. The number of primary amides is 1. The van der Waals surface area contributed by atoms with E-state index in [2.05, 4.69) is 10.1 Å². The highest BCUT2D eigenvalue weighted by Crippen LogP contribution is 2.36. The van der Waals surface area contributed by atoms with Gasteiger partial charge in [0.05, 0.1) is 17.9 Å². The topological polar surface area (TPSA) is 94.0 Å². The van der Waals surface area contributed by atoms with Gasteiger partial charge in [-0.15, -0.1) is 0 Å². The Bertz CT molecular complexity index is 761. The van der Waals surface area contributed by atoms with Crippen LogP contribution in [0.25, 0.3) is 0 Å². The van der Waals surface area contributed by atoms with Gasteiger partial charge < -0.3 is 10.8 Å².